The summed E-state index contributed by atoms with van der Waals surface area (Å²) in [5.74, 6) is -0.626. The molecule has 0 saturated carbocycles. The fourth-order valence-electron chi connectivity index (χ4n) is 2.84. The molecule has 1 saturated heterocycles. The third kappa shape index (κ3) is 1.37. The van der Waals surface area contributed by atoms with E-state index in [4.69, 9.17) is 4.74 Å². The number of hydrogen-bond donors (Lipinski definition) is 2. The number of rotatable bonds is 1. The number of amides is 1. The number of hydrogen-bond acceptors (Lipinski definition) is 4. The van der Waals surface area contributed by atoms with Crippen LogP contribution in [0.3, 0.4) is 0 Å². The number of carbonyl (C=O) groups is 2. The van der Waals surface area contributed by atoms with Crippen LogP contribution in [0.4, 0.5) is 5.69 Å². The zero-order chi connectivity index (χ0) is 12.8. The van der Waals surface area contributed by atoms with Gasteiger partial charge in [-0.1, -0.05) is 18.2 Å². The Morgan fingerprint density at radius 3 is 3.00 bits per heavy atom. The maximum atomic E-state index is 12.2. The van der Waals surface area contributed by atoms with Gasteiger partial charge in [-0.2, -0.15) is 0 Å². The minimum Gasteiger partial charge on any atom is -0.469 e. The first-order valence-corrected chi connectivity index (χ1v) is 5.91. The smallest absolute Gasteiger partial charge is 0.310 e. The Hall–Kier alpha value is -1.88. The van der Waals surface area contributed by atoms with E-state index in [9.17, 15) is 9.59 Å². The highest BCUT2D eigenvalue weighted by molar-refractivity contribution is 6.06. The van der Waals surface area contributed by atoms with Crippen molar-refractivity contribution >= 4 is 17.6 Å². The molecule has 2 atom stereocenters. The van der Waals surface area contributed by atoms with Gasteiger partial charge in [-0.3, -0.25) is 14.9 Å². The molecule has 0 radical (unpaired) electrons. The number of para-hydroxylation sites is 1. The maximum Gasteiger partial charge on any atom is 0.310 e. The molecule has 1 amide bonds. The Kier molecular flexibility index (Phi) is 2.38. The molecular weight excluding hydrogens is 232 g/mol. The van der Waals surface area contributed by atoms with Gasteiger partial charge in [-0.15, -0.1) is 0 Å². The van der Waals surface area contributed by atoms with Gasteiger partial charge in [0.1, 0.15) is 5.54 Å². The van der Waals surface area contributed by atoms with Crippen molar-refractivity contribution in [2.24, 2.45) is 5.92 Å². The molecule has 1 fully saturated rings. The molecule has 1 aromatic carbocycles. The summed E-state index contributed by atoms with van der Waals surface area (Å²) in [7, 11) is 1.37. The monoisotopic (exact) mass is 246 g/mol. The summed E-state index contributed by atoms with van der Waals surface area (Å²) in [5.41, 5.74) is 0.969. The molecular formula is C13H14N2O3. The molecule has 94 valence electrons. The van der Waals surface area contributed by atoms with Crippen molar-refractivity contribution in [3.63, 3.8) is 0 Å². The van der Waals surface area contributed by atoms with Crippen molar-refractivity contribution in [3.05, 3.63) is 29.8 Å². The number of anilines is 1. The predicted octanol–water partition coefficient (Wildman–Crippen LogP) is 0.616. The molecule has 0 unspecified atom stereocenters. The minimum atomic E-state index is -0.768. The van der Waals surface area contributed by atoms with Gasteiger partial charge in [0.15, 0.2) is 0 Å². The second-order valence-corrected chi connectivity index (χ2v) is 4.71. The van der Waals surface area contributed by atoms with Gasteiger partial charge in [0, 0.05) is 17.8 Å². The van der Waals surface area contributed by atoms with Crippen molar-refractivity contribution < 1.29 is 14.3 Å². The topological polar surface area (TPSA) is 67.4 Å². The van der Waals surface area contributed by atoms with Crippen LogP contribution in [0.1, 0.15) is 12.0 Å². The Bertz CT molecular complexity index is 529. The highest BCUT2D eigenvalue weighted by atomic mass is 16.5. The third-order valence-corrected chi connectivity index (χ3v) is 3.76. The van der Waals surface area contributed by atoms with Gasteiger partial charge >= 0.3 is 5.97 Å². The van der Waals surface area contributed by atoms with E-state index < -0.39 is 5.54 Å². The molecule has 2 heterocycles. The molecule has 1 aromatic rings. The summed E-state index contributed by atoms with van der Waals surface area (Å²) in [6.45, 7) is 0.467. The quantitative estimate of drug-likeness (QED) is 0.713. The zero-order valence-corrected chi connectivity index (χ0v) is 10.0. The summed E-state index contributed by atoms with van der Waals surface area (Å²) in [5, 5.41) is 6.04. The Morgan fingerprint density at radius 2 is 2.22 bits per heavy atom. The summed E-state index contributed by atoms with van der Waals surface area (Å²) in [4.78, 5) is 23.8. The molecule has 0 bridgehead atoms. The average Bonchev–Trinajstić information content (AvgIpc) is 2.94. The van der Waals surface area contributed by atoms with Crippen molar-refractivity contribution in [3.8, 4) is 0 Å². The van der Waals surface area contributed by atoms with Gasteiger partial charge < -0.3 is 10.1 Å². The van der Waals surface area contributed by atoms with Crippen LogP contribution in [0.2, 0.25) is 0 Å². The van der Waals surface area contributed by atoms with Gasteiger partial charge in [0.05, 0.1) is 13.0 Å². The Balaban J connectivity index is 1.97. The van der Waals surface area contributed by atoms with Crippen molar-refractivity contribution in [1.29, 1.82) is 0 Å². The van der Waals surface area contributed by atoms with Crippen LogP contribution in [-0.4, -0.2) is 25.5 Å². The van der Waals surface area contributed by atoms with Gasteiger partial charge in [0.2, 0.25) is 5.91 Å². The van der Waals surface area contributed by atoms with Crippen LogP contribution >= 0.6 is 0 Å². The molecule has 1 spiro atoms. The van der Waals surface area contributed by atoms with Crippen LogP contribution in [-0.2, 0) is 19.9 Å². The van der Waals surface area contributed by atoms with E-state index in [1.165, 1.54) is 7.11 Å². The van der Waals surface area contributed by atoms with E-state index in [1.54, 1.807) is 0 Å². The van der Waals surface area contributed by atoms with Crippen LogP contribution in [0.5, 0.6) is 0 Å². The number of esters is 1. The standard InChI is InChI=1S/C13H14N2O3/c1-18-11(16)8-6-13(14-7-8)9-4-2-3-5-10(9)15-12(13)17/h2-5,8,14H,6-7H2,1H3,(H,15,17)/t8-,13-/m1/s1. The first-order chi connectivity index (χ1) is 8.67. The summed E-state index contributed by atoms with van der Waals surface area (Å²) in [6, 6.07) is 7.56. The second kappa shape index (κ2) is 3.81. The predicted molar refractivity (Wildman–Crippen MR) is 64.9 cm³/mol. The number of nitrogens with one attached hydrogen (secondary N) is 2. The third-order valence-electron chi connectivity index (χ3n) is 3.76. The lowest BCUT2D eigenvalue weighted by Crippen LogP contribution is -2.43. The molecule has 0 aliphatic carbocycles. The van der Waals surface area contributed by atoms with E-state index >= 15 is 0 Å². The van der Waals surface area contributed by atoms with E-state index in [-0.39, 0.29) is 17.8 Å². The number of fused-ring (bicyclic) bond motifs is 2. The summed E-state index contributed by atoms with van der Waals surface area (Å²) >= 11 is 0. The largest absolute Gasteiger partial charge is 0.469 e. The van der Waals surface area contributed by atoms with Crippen molar-refractivity contribution in [1.82, 2.24) is 5.32 Å². The first-order valence-electron chi connectivity index (χ1n) is 5.91. The SMILES string of the molecule is COC(=O)[C@H]1CN[C@@]2(C1)C(=O)Nc1ccccc12. The molecule has 2 aliphatic rings. The number of ether oxygens (including phenoxy) is 1. The van der Waals surface area contributed by atoms with Gasteiger partial charge in [-0.25, -0.2) is 0 Å². The van der Waals surface area contributed by atoms with Crippen molar-refractivity contribution in [2.45, 2.75) is 12.0 Å². The highest BCUT2D eigenvalue weighted by Gasteiger charge is 2.53. The minimum absolute atomic E-state index is 0.0879. The molecule has 2 aliphatic heterocycles. The molecule has 5 heteroatoms. The van der Waals surface area contributed by atoms with Crippen LogP contribution in [0.15, 0.2) is 24.3 Å². The zero-order valence-electron chi connectivity index (χ0n) is 10.0. The summed E-state index contributed by atoms with van der Waals surface area (Å²) < 4.78 is 4.75. The van der Waals surface area contributed by atoms with Gasteiger partial charge in [0.25, 0.3) is 0 Å². The number of methoxy groups -OCH3 is 1. The average molecular weight is 246 g/mol. The Morgan fingerprint density at radius 1 is 1.44 bits per heavy atom. The van der Waals surface area contributed by atoms with E-state index in [1.807, 2.05) is 24.3 Å². The first kappa shape index (κ1) is 11.2. The normalized spacial score (nSPS) is 29.2. The van der Waals surface area contributed by atoms with E-state index in [0.29, 0.717) is 13.0 Å². The lowest BCUT2D eigenvalue weighted by atomic mass is 9.87. The lowest BCUT2D eigenvalue weighted by molar-refractivity contribution is -0.144. The number of benzene rings is 1. The fourth-order valence-corrected chi connectivity index (χ4v) is 2.84. The maximum absolute atomic E-state index is 12.2. The lowest BCUT2D eigenvalue weighted by Gasteiger charge is -2.21. The molecule has 0 aromatic heterocycles. The fraction of sp³-hybridized carbons (Fsp3) is 0.385. The highest BCUT2D eigenvalue weighted by Crippen LogP contribution is 2.43. The van der Waals surface area contributed by atoms with E-state index in [2.05, 4.69) is 10.6 Å². The number of carbonyl (C=O) groups excluding carboxylic acids is 2. The van der Waals surface area contributed by atoms with Crippen molar-refractivity contribution in [2.75, 3.05) is 19.0 Å². The van der Waals surface area contributed by atoms with E-state index in [0.717, 1.165) is 11.3 Å². The van der Waals surface area contributed by atoms with Crippen LogP contribution < -0.4 is 10.6 Å². The molecule has 3 rings (SSSR count). The van der Waals surface area contributed by atoms with Crippen LogP contribution in [0, 0.1) is 5.92 Å². The second-order valence-electron chi connectivity index (χ2n) is 4.71. The summed E-state index contributed by atoms with van der Waals surface area (Å²) in [6.07, 6.45) is 0.447. The van der Waals surface area contributed by atoms with Gasteiger partial charge in [-0.05, 0) is 12.5 Å². The van der Waals surface area contributed by atoms with Crippen LogP contribution in [0.25, 0.3) is 0 Å². The molecule has 5 nitrogen and oxygen atoms in total. The Labute approximate surface area is 105 Å². The molecule has 2 N–H and O–H groups in total. The molecule has 18 heavy (non-hydrogen) atoms.